The second-order valence-corrected chi connectivity index (χ2v) is 6.33. The Bertz CT molecular complexity index is 623. The van der Waals surface area contributed by atoms with Crippen LogP contribution in [0.5, 0.6) is 0 Å². The molecule has 0 atom stereocenters. The van der Waals surface area contributed by atoms with Crippen molar-refractivity contribution in [1.82, 2.24) is 8.68 Å². The summed E-state index contributed by atoms with van der Waals surface area (Å²) in [5.41, 5.74) is -0.262. The Kier molecular flexibility index (Phi) is 3.97. The number of carbonyl (C=O) groups excluding carboxylic acids is 1. The lowest BCUT2D eigenvalue weighted by Gasteiger charge is -2.23. The Morgan fingerprint density at radius 1 is 1.58 bits per heavy atom. The minimum atomic E-state index is -3.94. The van der Waals surface area contributed by atoms with Crippen molar-refractivity contribution in [3.05, 3.63) is 23.0 Å². The number of sulfonamides is 1. The van der Waals surface area contributed by atoms with E-state index >= 15 is 0 Å². The summed E-state index contributed by atoms with van der Waals surface area (Å²) in [5.74, 6) is -1.33. The summed E-state index contributed by atoms with van der Waals surface area (Å²) in [6.45, 7) is -0.148. The molecule has 0 spiro atoms. The van der Waals surface area contributed by atoms with Crippen molar-refractivity contribution in [2.45, 2.75) is 11.3 Å². The maximum atomic E-state index is 13.2. The van der Waals surface area contributed by atoms with Gasteiger partial charge in [0.2, 0.25) is 10.0 Å². The first-order chi connectivity index (χ1) is 8.96. The molecule has 0 amide bonds. The molecule has 9 heteroatoms. The Hall–Kier alpha value is -1.32. The first-order valence-electron chi connectivity index (χ1n) is 5.34. The van der Waals surface area contributed by atoms with Crippen LogP contribution in [0.15, 0.2) is 22.2 Å². The molecule has 0 bridgehead atoms. The normalized spacial score (nSPS) is 17.1. The van der Waals surface area contributed by atoms with E-state index in [0.717, 1.165) is 22.9 Å². The first-order valence-corrected chi connectivity index (χ1v) is 7.62. The molecular weight excluding hydrogens is 295 g/mol. The van der Waals surface area contributed by atoms with Gasteiger partial charge in [0.05, 0.1) is 13.7 Å². The van der Waals surface area contributed by atoms with Crippen LogP contribution in [-0.2, 0) is 14.8 Å². The zero-order valence-corrected chi connectivity index (χ0v) is 11.6. The van der Waals surface area contributed by atoms with Crippen molar-refractivity contribution in [2.24, 2.45) is 0 Å². The molecule has 1 aliphatic heterocycles. The molecule has 0 saturated heterocycles. The second kappa shape index (κ2) is 5.35. The van der Waals surface area contributed by atoms with Gasteiger partial charge >= 0.3 is 5.97 Å². The fraction of sp³-hybridized carbons (Fsp3) is 0.400. The zero-order valence-electron chi connectivity index (χ0n) is 10.00. The predicted octanol–water partition coefficient (Wildman–Crippen LogP) is 1.18. The van der Waals surface area contributed by atoms with Gasteiger partial charge in [0.1, 0.15) is 10.7 Å². The summed E-state index contributed by atoms with van der Waals surface area (Å²) in [7, 11) is -2.80. The Morgan fingerprint density at radius 3 is 2.95 bits per heavy atom. The Balaban J connectivity index is 2.38. The number of halogens is 1. The number of nitrogens with zero attached hydrogens (tertiary/aromatic N) is 2. The van der Waals surface area contributed by atoms with E-state index in [1.54, 1.807) is 0 Å². The van der Waals surface area contributed by atoms with Crippen molar-refractivity contribution >= 4 is 27.5 Å². The first kappa shape index (κ1) is 14.1. The fourth-order valence-electron chi connectivity index (χ4n) is 1.67. The number of methoxy groups -OCH3 is 1. The van der Waals surface area contributed by atoms with Gasteiger partial charge in [0, 0.05) is 11.9 Å². The lowest BCUT2D eigenvalue weighted by Crippen LogP contribution is -2.35. The van der Waals surface area contributed by atoms with E-state index in [0.29, 0.717) is 6.42 Å². The van der Waals surface area contributed by atoms with Gasteiger partial charge in [-0.05, 0) is 18.0 Å². The topological polar surface area (TPSA) is 76.6 Å². The van der Waals surface area contributed by atoms with Crippen LogP contribution in [0.1, 0.15) is 16.9 Å². The summed E-state index contributed by atoms with van der Waals surface area (Å²) < 4.78 is 47.0. The van der Waals surface area contributed by atoms with Gasteiger partial charge in [0.25, 0.3) is 0 Å². The van der Waals surface area contributed by atoms with Crippen LogP contribution in [-0.4, -0.2) is 43.3 Å². The van der Waals surface area contributed by atoms with Crippen molar-refractivity contribution < 1.29 is 22.3 Å². The molecule has 0 N–H and O–H groups in total. The average Bonchev–Trinajstić information content (AvgIpc) is 2.87. The monoisotopic (exact) mass is 306 g/mol. The maximum absolute atomic E-state index is 13.2. The lowest BCUT2D eigenvalue weighted by molar-refractivity contribution is 0.0590. The van der Waals surface area contributed by atoms with Crippen LogP contribution < -0.4 is 0 Å². The van der Waals surface area contributed by atoms with Crippen molar-refractivity contribution in [1.29, 1.82) is 0 Å². The molecule has 0 aliphatic carbocycles. The van der Waals surface area contributed by atoms with Crippen LogP contribution in [0.25, 0.3) is 0 Å². The highest BCUT2D eigenvalue weighted by Crippen LogP contribution is 2.25. The van der Waals surface area contributed by atoms with Gasteiger partial charge in [-0.25, -0.2) is 17.6 Å². The minimum absolute atomic E-state index is 0.173. The molecule has 0 unspecified atom stereocenters. The van der Waals surface area contributed by atoms with Crippen molar-refractivity contribution in [2.75, 3.05) is 20.2 Å². The van der Waals surface area contributed by atoms with Crippen LogP contribution in [0.2, 0.25) is 0 Å². The number of rotatable bonds is 3. The van der Waals surface area contributed by atoms with E-state index in [9.17, 15) is 17.6 Å². The molecule has 1 aromatic heterocycles. The summed E-state index contributed by atoms with van der Waals surface area (Å²) in [5, 5.41) is 1.25. The Labute approximate surface area is 113 Å². The van der Waals surface area contributed by atoms with Crippen LogP contribution in [0.3, 0.4) is 0 Å². The van der Waals surface area contributed by atoms with E-state index < -0.39 is 21.8 Å². The van der Waals surface area contributed by atoms with Crippen molar-refractivity contribution in [3.63, 3.8) is 0 Å². The van der Waals surface area contributed by atoms with Crippen LogP contribution >= 0.6 is 11.5 Å². The molecule has 2 rings (SSSR count). The highest BCUT2D eigenvalue weighted by atomic mass is 32.2. The standard InChI is InChI=1S/C10H11FN2O4S2/c1-17-10(14)9-8(6-18-12-9)19(15,16)13-4-2-3-7(11)5-13/h3,6H,2,4-5H2,1H3. The second-order valence-electron chi connectivity index (χ2n) is 3.80. The third-order valence-corrected chi connectivity index (χ3v) is 5.24. The van der Waals surface area contributed by atoms with E-state index in [2.05, 4.69) is 9.11 Å². The third-order valence-electron chi connectivity index (χ3n) is 2.61. The molecule has 1 aromatic rings. The summed E-state index contributed by atoms with van der Waals surface area (Å²) in [4.78, 5) is 11.2. The summed E-state index contributed by atoms with van der Waals surface area (Å²) in [6, 6.07) is 0. The predicted molar refractivity (Wildman–Crippen MR) is 66.0 cm³/mol. The molecule has 0 aromatic carbocycles. The lowest BCUT2D eigenvalue weighted by atomic mass is 10.3. The summed E-state index contributed by atoms with van der Waals surface area (Å²) >= 11 is 0.837. The van der Waals surface area contributed by atoms with Gasteiger partial charge in [-0.1, -0.05) is 6.08 Å². The largest absolute Gasteiger partial charge is 0.464 e. The molecule has 19 heavy (non-hydrogen) atoms. The highest BCUT2D eigenvalue weighted by molar-refractivity contribution is 7.89. The fourth-order valence-corrected chi connectivity index (χ4v) is 4.17. The molecular formula is C10H11FN2O4S2. The number of hydrogen-bond donors (Lipinski definition) is 0. The number of carbonyl (C=O) groups is 1. The number of esters is 1. The number of aromatic nitrogens is 1. The van der Waals surface area contributed by atoms with E-state index in [1.807, 2.05) is 0 Å². The molecule has 0 fully saturated rings. The van der Waals surface area contributed by atoms with Crippen LogP contribution in [0, 0.1) is 0 Å². The summed E-state index contributed by atoms with van der Waals surface area (Å²) in [6.07, 6.45) is 1.65. The third kappa shape index (κ3) is 2.67. The maximum Gasteiger partial charge on any atom is 0.359 e. The van der Waals surface area contributed by atoms with E-state index in [4.69, 9.17) is 0 Å². The highest BCUT2D eigenvalue weighted by Gasteiger charge is 2.33. The molecule has 104 valence electrons. The zero-order chi connectivity index (χ0) is 14.0. The number of hydrogen-bond acceptors (Lipinski definition) is 6. The van der Waals surface area contributed by atoms with Gasteiger partial charge in [0.15, 0.2) is 5.69 Å². The van der Waals surface area contributed by atoms with Gasteiger partial charge in [-0.3, -0.25) is 0 Å². The minimum Gasteiger partial charge on any atom is -0.464 e. The van der Waals surface area contributed by atoms with Gasteiger partial charge in [-0.15, -0.1) is 0 Å². The molecule has 1 aliphatic rings. The molecule has 0 radical (unpaired) electrons. The Morgan fingerprint density at radius 2 is 2.32 bits per heavy atom. The smallest absolute Gasteiger partial charge is 0.359 e. The molecule has 0 saturated carbocycles. The van der Waals surface area contributed by atoms with E-state index in [1.165, 1.54) is 11.5 Å². The van der Waals surface area contributed by atoms with E-state index in [-0.39, 0.29) is 23.7 Å². The van der Waals surface area contributed by atoms with Gasteiger partial charge in [-0.2, -0.15) is 8.68 Å². The average molecular weight is 306 g/mol. The molecule has 2 heterocycles. The quantitative estimate of drug-likeness (QED) is 0.784. The van der Waals surface area contributed by atoms with Crippen molar-refractivity contribution in [3.8, 4) is 0 Å². The molecule has 6 nitrogen and oxygen atoms in total. The SMILES string of the molecule is COC(=O)c1nscc1S(=O)(=O)N1CCC=C(F)C1. The van der Waals surface area contributed by atoms with Crippen LogP contribution in [0.4, 0.5) is 4.39 Å². The number of ether oxygens (including phenoxy) is 1. The van der Waals surface area contributed by atoms with Gasteiger partial charge < -0.3 is 4.74 Å².